The summed E-state index contributed by atoms with van der Waals surface area (Å²) in [6.07, 6.45) is 1.48. The van der Waals surface area contributed by atoms with Crippen LogP contribution in [-0.2, 0) is 10.0 Å². The zero-order valence-electron chi connectivity index (χ0n) is 16.7. The summed E-state index contributed by atoms with van der Waals surface area (Å²) in [7, 11) is -2.23. The van der Waals surface area contributed by atoms with Crippen LogP contribution in [0.15, 0.2) is 53.4 Å². The van der Waals surface area contributed by atoms with Crippen LogP contribution in [-0.4, -0.2) is 48.0 Å². The number of nitro groups is 1. The lowest BCUT2D eigenvalue weighted by atomic mass is 10.0. The third kappa shape index (κ3) is 4.43. The van der Waals surface area contributed by atoms with Crippen molar-refractivity contribution >= 4 is 27.0 Å². The first-order valence-corrected chi connectivity index (χ1v) is 11.9. The van der Waals surface area contributed by atoms with Gasteiger partial charge in [-0.3, -0.25) is 10.1 Å². The summed E-state index contributed by atoms with van der Waals surface area (Å²) in [4.78, 5) is 10.4. The van der Waals surface area contributed by atoms with Crippen LogP contribution >= 0.6 is 11.3 Å². The number of ether oxygens (including phenoxy) is 1. The Hall–Kier alpha value is -2.89. The number of aromatic nitrogens is 2. The van der Waals surface area contributed by atoms with Crippen molar-refractivity contribution in [3.05, 3.63) is 63.7 Å². The monoisotopic (exact) mass is 460 g/mol. The van der Waals surface area contributed by atoms with Gasteiger partial charge in [-0.2, -0.15) is 4.31 Å². The molecule has 0 amide bonds. The second-order valence-electron chi connectivity index (χ2n) is 7.13. The van der Waals surface area contributed by atoms with Gasteiger partial charge in [-0.05, 0) is 43.2 Å². The molecule has 0 radical (unpaired) electrons. The van der Waals surface area contributed by atoms with Crippen molar-refractivity contribution in [2.45, 2.75) is 23.7 Å². The number of hydrogen-bond acceptors (Lipinski definition) is 8. The molecule has 0 bridgehead atoms. The standard InChI is InChI=1S/C20H20N4O5S2/c1-29-17-9-7-14(8-10-17)19-21-22-20(30-19)15-4-3-11-23(13-15)31(27,28)18-6-2-5-16(12-18)24(25)26/h2,5-10,12,15H,3-4,11,13H2,1H3. The van der Waals surface area contributed by atoms with Crippen molar-refractivity contribution in [3.8, 4) is 16.3 Å². The van der Waals surface area contributed by atoms with Gasteiger partial charge in [0.05, 0.1) is 16.9 Å². The van der Waals surface area contributed by atoms with Gasteiger partial charge in [0, 0.05) is 36.7 Å². The molecule has 3 aromatic rings. The largest absolute Gasteiger partial charge is 0.497 e. The zero-order valence-corrected chi connectivity index (χ0v) is 18.3. The van der Waals surface area contributed by atoms with Gasteiger partial charge in [-0.25, -0.2) is 8.42 Å². The molecule has 1 unspecified atom stereocenters. The van der Waals surface area contributed by atoms with E-state index in [0.29, 0.717) is 13.0 Å². The van der Waals surface area contributed by atoms with Crippen LogP contribution in [0.5, 0.6) is 5.75 Å². The molecule has 11 heteroatoms. The summed E-state index contributed by atoms with van der Waals surface area (Å²) >= 11 is 1.45. The Balaban J connectivity index is 1.54. The molecule has 2 aromatic carbocycles. The molecule has 31 heavy (non-hydrogen) atoms. The number of sulfonamides is 1. The molecular weight excluding hydrogens is 440 g/mol. The van der Waals surface area contributed by atoms with Crippen molar-refractivity contribution < 1.29 is 18.1 Å². The molecule has 0 spiro atoms. The predicted octanol–water partition coefficient (Wildman–Crippen LogP) is 3.69. The summed E-state index contributed by atoms with van der Waals surface area (Å²) in [6, 6.07) is 12.7. The third-order valence-electron chi connectivity index (χ3n) is 5.18. The van der Waals surface area contributed by atoms with Crippen LogP contribution in [0.1, 0.15) is 23.8 Å². The summed E-state index contributed by atoms with van der Waals surface area (Å²) < 4.78 is 32.7. The fraction of sp³-hybridized carbons (Fsp3) is 0.300. The number of hydrogen-bond donors (Lipinski definition) is 0. The Morgan fingerprint density at radius 1 is 1.19 bits per heavy atom. The Kier molecular flexibility index (Phi) is 5.99. The molecular formula is C20H20N4O5S2. The molecule has 1 saturated heterocycles. The lowest BCUT2D eigenvalue weighted by Crippen LogP contribution is -2.39. The molecule has 2 heterocycles. The van der Waals surface area contributed by atoms with Gasteiger partial charge in [-0.1, -0.05) is 17.4 Å². The fourth-order valence-corrected chi connectivity index (χ4v) is 6.06. The predicted molar refractivity (Wildman–Crippen MR) is 116 cm³/mol. The first kappa shape index (κ1) is 21.3. The van der Waals surface area contributed by atoms with Crippen molar-refractivity contribution in [1.29, 1.82) is 0 Å². The topological polar surface area (TPSA) is 116 Å². The smallest absolute Gasteiger partial charge is 0.270 e. The number of rotatable bonds is 6. The molecule has 1 aromatic heterocycles. The highest BCUT2D eigenvalue weighted by molar-refractivity contribution is 7.89. The van der Waals surface area contributed by atoms with Crippen molar-refractivity contribution in [1.82, 2.24) is 14.5 Å². The van der Waals surface area contributed by atoms with E-state index >= 15 is 0 Å². The van der Waals surface area contributed by atoms with E-state index in [1.807, 2.05) is 24.3 Å². The molecule has 1 aliphatic rings. The van der Waals surface area contributed by atoms with Gasteiger partial charge in [0.1, 0.15) is 15.8 Å². The normalized spacial score (nSPS) is 17.4. The van der Waals surface area contributed by atoms with Gasteiger partial charge in [0.15, 0.2) is 0 Å². The van der Waals surface area contributed by atoms with E-state index < -0.39 is 14.9 Å². The maximum absolute atomic E-state index is 13.1. The van der Waals surface area contributed by atoms with Crippen LogP contribution in [0.4, 0.5) is 5.69 Å². The Bertz CT molecular complexity index is 1190. The van der Waals surface area contributed by atoms with E-state index in [2.05, 4.69) is 10.2 Å². The van der Waals surface area contributed by atoms with E-state index in [-0.39, 0.29) is 23.0 Å². The highest BCUT2D eigenvalue weighted by Crippen LogP contribution is 2.35. The first-order chi connectivity index (χ1) is 14.9. The number of benzene rings is 2. The average Bonchev–Trinajstić information content (AvgIpc) is 3.30. The minimum absolute atomic E-state index is 0.0708. The summed E-state index contributed by atoms with van der Waals surface area (Å²) in [5, 5.41) is 21.2. The summed E-state index contributed by atoms with van der Waals surface area (Å²) in [6.45, 7) is 0.633. The highest BCUT2D eigenvalue weighted by Gasteiger charge is 2.33. The maximum atomic E-state index is 13.1. The van der Waals surface area contributed by atoms with Crippen molar-refractivity contribution in [2.75, 3.05) is 20.2 Å². The van der Waals surface area contributed by atoms with Crippen LogP contribution in [0.3, 0.4) is 0 Å². The molecule has 0 aliphatic carbocycles. The molecule has 1 atom stereocenters. The first-order valence-electron chi connectivity index (χ1n) is 9.61. The second kappa shape index (κ2) is 8.69. The molecule has 1 fully saturated rings. The van der Waals surface area contributed by atoms with Gasteiger partial charge in [0.2, 0.25) is 10.0 Å². The van der Waals surface area contributed by atoms with Crippen molar-refractivity contribution in [2.24, 2.45) is 0 Å². The van der Waals surface area contributed by atoms with E-state index in [1.54, 1.807) is 7.11 Å². The molecule has 162 valence electrons. The number of methoxy groups -OCH3 is 1. The number of nitro benzene ring substituents is 1. The summed E-state index contributed by atoms with van der Waals surface area (Å²) in [5.74, 6) is 0.675. The van der Waals surface area contributed by atoms with E-state index in [4.69, 9.17) is 4.74 Å². The minimum Gasteiger partial charge on any atom is -0.497 e. The highest BCUT2D eigenvalue weighted by atomic mass is 32.2. The van der Waals surface area contributed by atoms with E-state index in [0.717, 1.165) is 33.8 Å². The zero-order chi connectivity index (χ0) is 22.0. The van der Waals surface area contributed by atoms with Crippen LogP contribution < -0.4 is 4.74 Å². The van der Waals surface area contributed by atoms with E-state index in [9.17, 15) is 18.5 Å². The Morgan fingerprint density at radius 2 is 1.97 bits per heavy atom. The van der Waals surface area contributed by atoms with Crippen LogP contribution in [0.25, 0.3) is 10.6 Å². The molecule has 1 aliphatic heterocycles. The summed E-state index contributed by atoms with van der Waals surface area (Å²) in [5.41, 5.74) is 0.671. The lowest BCUT2D eigenvalue weighted by molar-refractivity contribution is -0.385. The van der Waals surface area contributed by atoms with Gasteiger partial charge >= 0.3 is 0 Å². The molecule has 0 saturated carbocycles. The lowest BCUT2D eigenvalue weighted by Gasteiger charge is -2.30. The molecule has 0 N–H and O–H groups in total. The molecule has 9 nitrogen and oxygen atoms in total. The van der Waals surface area contributed by atoms with E-state index in [1.165, 1.54) is 33.8 Å². The van der Waals surface area contributed by atoms with Crippen LogP contribution in [0.2, 0.25) is 0 Å². The van der Waals surface area contributed by atoms with Gasteiger partial charge < -0.3 is 4.74 Å². The molecule has 4 rings (SSSR count). The van der Waals surface area contributed by atoms with Gasteiger partial charge in [-0.15, -0.1) is 10.2 Å². The Labute approximate surface area is 183 Å². The second-order valence-corrected chi connectivity index (χ2v) is 10.1. The van der Waals surface area contributed by atoms with Gasteiger partial charge in [0.25, 0.3) is 5.69 Å². The third-order valence-corrected chi connectivity index (χ3v) is 8.17. The van der Waals surface area contributed by atoms with Crippen molar-refractivity contribution in [3.63, 3.8) is 0 Å². The SMILES string of the molecule is COc1ccc(-c2nnc(C3CCCN(S(=O)(=O)c4cccc([N+](=O)[O-])c4)C3)s2)cc1. The number of non-ortho nitro benzene ring substituents is 1. The Morgan fingerprint density at radius 3 is 2.68 bits per heavy atom. The quantitative estimate of drug-likeness (QED) is 0.407. The number of piperidine rings is 1. The fourth-order valence-electron chi connectivity index (χ4n) is 3.52. The number of nitrogens with zero attached hydrogens (tertiary/aromatic N) is 4. The average molecular weight is 461 g/mol. The van der Waals surface area contributed by atoms with Crippen LogP contribution in [0, 0.1) is 10.1 Å². The minimum atomic E-state index is -3.84. The maximum Gasteiger partial charge on any atom is 0.270 e.